The Bertz CT molecular complexity index is 884. The Balaban J connectivity index is 1.48. The van der Waals surface area contributed by atoms with E-state index in [1.165, 1.54) is 5.56 Å². The molecule has 0 saturated carbocycles. The lowest BCUT2D eigenvalue weighted by molar-refractivity contribution is 0.307. The number of hydrogen-bond donors (Lipinski definition) is 2. The number of benzene rings is 2. The third-order valence-electron chi connectivity index (χ3n) is 5.14. The fraction of sp³-hybridized carbons (Fsp3) is 0.333. The molecule has 2 heterocycles. The number of anilines is 1. The summed E-state index contributed by atoms with van der Waals surface area (Å²) in [5, 5.41) is 4.27. The summed E-state index contributed by atoms with van der Waals surface area (Å²) >= 11 is 5.71. The van der Waals surface area contributed by atoms with Gasteiger partial charge in [0.2, 0.25) is 0 Å². The monoisotopic (exact) mass is 364 g/mol. The first-order valence-corrected chi connectivity index (χ1v) is 9.74. The number of likely N-dealkylation sites (tertiary alicyclic amines) is 1. The van der Waals surface area contributed by atoms with E-state index in [1.54, 1.807) is 0 Å². The summed E-state index contributed by atoms with van der Waals surface area (Å²) < 4.78 is 0. The van der Waals surface area contributed by atoms with Gasteiger partial charge in [0, 0.05) is 24.7 Å². The maximum absolute atomic E-state index is 5.71. The minimum absolute atomic E-state index is 0.386. The predicted octanol–water partition coefficient (Wildman–Crippen LogP) is 4.70. The number of aromatic amines is 1. The Labute approximate surface area is 159 Å². The molecule has 1 aliphatic rings. The molecule has 26 heavy (non-hydrogen) atoms. The van der Waals surface area contributed by atoms with Gasteiger partial charge in [-0.25, -0.2) is 4.98 Å². The van der Waals surface area contributed by atoms with Crippen molar-refractivity contribution in [1.82, 2.24) is 14.9 Å². The van der Waals surface area contributed by atoms with Gasteiger partial charge in [-0.05, 0) is 55.2 Å². The van der Waals surface area contributed by atoms with Gasteiger partial charge >= 0.3 is 0 Å². The highest BCUT2D eigenvalue weighted by atomic mass is 32.1. The molecular formula is C21H24N4S. The van der Waals surface area contributed by atoms with Gasteiger partial charge in [0.25, 0.3) is 0 Å². The Morgan fingerprint density at radius 1 is 1.23 bits per heavy atom. The number of para-hydroxylation sites is 3. The predicted molar refractivity (Wildman–Crippen MR) is 112 cm³/mol. The van der Waals surface area contributed by atoms with Crippen LogP contribution >= 0.6 is 12.2 Å². The van der Waals surface area contributed by atoms with Gasteiger partial charge in [0.1, 0.15) is 5.82 Å². The van der Waals surface area contributed by atoms with Crippen molar-refractivity contribution in [3.63, 3.8) is 0 Å². The molecule has 4 nitrogen and oxygen atoms in total. The SMILES string of the molecule is CCc1ccccc1NC(=S)N1CCCC(c2nc3ccccc3[nH]2)C1. The van der Waals surface area contributed by atoms with Crippen LogP contribution in [0.15, 0.2) is 48.5 Å². The third-order valence-corrected chi connectivity index (χ3v) is 5.50. The molecule has 0 radical (unpaired) electrons. The molecule has 134 valence electrons. The normalized spacial score (nSPS) is 17.4. The number of H-pyrrole nitrogens is 1. The lowest BCUT2D eigenvalue weighted by Gasteiger charge is -2.34. The van der Waals surface area contributed by atoms with E-state index in [4.69, 9.17) is 17.2 Å². The van der Waals surface area contributed by atoms with E-state index in [0.717, 1.165) is 60.0 Å². The summed E-state index contributed by atoms with van der Waals surface area (Å²) in [4.78, 5) is 10.6. The molecule has 1 saturated heterocycles. The van der Waals surface area contributed by atoms with Gasteiger partial charge in [0.05, 0.1) is 11.0 Å². The summed E-state index contributed by atoms with van der Waals surface area (Å²) in [5.41, 5.74) is 4.56. The topological polar surface area (TPSA) is 44.0 Å². The molecule has 3 aromatic rings. The van der Waals surface area contributed by atoms with Crippen molar-refractivity contribution in [3.05, 3.63) is 59.9 Å². The zero-order valence-electron chi connectivity index (χ0n) is 15.0. The zero-order chi connectivity index (χ0) is 17.9. The van der Waals surface area contributed by atoms with Gasteiger partial charge < -0.3 is 15.2 Å². The van der Waals surface area contributed by atoms with E-state index in [1.807, 2.05) is 12.1 Å². The van der Waals surface area contributed by atoms with Crippen molar-refractivity contribution in [1.29, 1.82) is 0 Å². The third kappa shape index (κ3) is 3.44. The molecule has 2 N–H and O–H groups in total. The van der Waals surface area contributed by atoms with E-state index in [2.05, 4.69) is 58.5 Å². The highest BCUT2D eigenvalue weighted by Crippen LogP contribution is 2.27. The van der Waals surface area contributed by atoms with Gasteiger partial charge in [-0.3, -0.25) is 0 Å². The molecule has 4 rings (SSSR count). The lowest BCUT2D eigenvalue weighted by atomic mass is 9.98. The molecule has 5 heteroatoms. The van der Waals surface area contributed by atoms with Crippen molar-refractivity contribution < 1.29 is 0 Å². The Morgan fingerprint density at radius 2 is 2.04 bits per heavy atom. The summed E-state index contributed by atoms with van der Waals surface area (Å²) in [6.45, 7) is 4.07. The molecule has 1 atom stereocenters. The number of imidazole rings is 1. The summed E-state index contributed by atoms with van der Waals surface area (Å²) in [7, 11) is 0. The number of thiocarbonyl (C=S) groups is 1. The smallest absolute Gasteiger partial charge is 0.173 e. The van der Waals surface area contributed by atoms with Crippen LogP contribution in [0.2, 0.25) is 0 Å². The number of aromatic nitrogens is 2. The van der Waals surface area contributed by atoms with Crippen molar-refractivity contribution in [2.45, 2.75) is 32.1 Å². The number of nitrogens with zero attached hydrogens (tertiary/aromatic N) is 2. The van der Waals surface area contributed by atoms with Crippen LogP contribution in [-0.2, 0) is 6.42 Å². The Morgan fingerprint density at radius 3 is 2.88 bits per heavy atom. The van der Waals surface area contributed by atoms with Crippen molar-refractivity contribution in [3.8, 4) is 0 Å². The second-order valence-corrected chi connectivity index (χ2v) is 7.25. The van der Waals surface area contributed by atoms with Gasteiger partial charge in [-0.15, -0.1) is 0 Å². The second-order valence-electron chi connectivity index (χ2n) is 6.87. The number of rotatable bonds is 3. The Hall–Kier alpha value is -2.40. The van der Waals surface area contributed by atoms with E-state index in [0.29, 0.717) is 5.92 Å². The van der Waals surface area contributed by atoms with Crippen LogP contribution in [0, 0.1) is 0 Å². The van der Waals surface area contributed by atoms with Crippen LogP contribution in [0.3, 0.4) is 0 Å². The standard InChI is InChI=1S/C21H24N4S/c1-2-15-8-3-4-10-17(15)24-21(26)25-13-7-9-16(14-25)20-22-18-11-5-6-12-19(18)23-20/h3-6,8,10-12,16H,2,7,9,13-14H2,1H3,(H,22,23)(H,24,26). The molecule has 0 bridgehead atoms. The molecule has 1 fully saturated rings. The van der Waals surface area contributed by atoms with Crippen LogP contribution in [0.4, 0.5) is 5.69 Å². The molecule has 0 spiro atoms. The quantitative estimate of drug-likeness (QED) is 0.661. The minimum Gasteiger partial charge on any atom is -0.348 e. The van der Waals surface area contributed by atoms with Gasteiger partial charge in [-0.2, -0.15) is 0 Å². The van der Waals surface area contributed by atoms with E-state index >= 15 is 0 Å². The minimum atomic E-state index is 0.386. The summed E-state index contributed by atoms with van der Waals surface area (Å²) in [6, 6.07) is 16.6. The molecule has 0 amide bonds. The van der Waals surface area contributed by atoms with Crippen molar-refractivity contribution >= 4 is 34.1 Å². The molecule has 0 aliphatic carbocycles. The first-order chi connectivity index (χ1) is 12.7. The number of hydrogen-bond acceptors (Lipinski definition) is 2. The van der Waals surface area contributed by atoms with Crippen molar-refractivity contribution in [2.24, 2.45) is 0 Å². The largest absolute Gasteiger partial charge is 0.348 e. The average molecular weight is 365 g/mol. The van der Waals surface area contributed by atoms with Gasteiger partial charge in [-0.1, -0.05) is 37.3 Å². The number of nitrogens with one attached hydrogen (secondary N) is 2. The number of piperidine rings is 1. The summed E-state index contributed by atoms with van der Waals surface area (Å²) in [6.07, 6.45) is 3.26. The van der Waals surface area contributed by atoms with E-state index in [-0.39, 0.29) is 0 Å². The number of aryl methyl sites for hydroxylation is 1. The van der Waals surface area contributed by atoms with E-state index < -0.39 is 0 Å². The van der Waals surface area contributed by atoms with Crippen LogP contribution in [0.5, 0.6) is 0 Å². The highest BCUT2D eigenvalue weighted by Gasteiger charge is 2.25. The first-order valence-electron chi connectivity index (χ1n) is 9.33. The molecule has 1 unspecified atom stereocenters. The van der Waals surface area contributed by atoms with E-state index in [9.17, 15) is 0 Å². The van der Waals surface area contributed by atoms with Crippen LogP contribution in [0.25, 0.3) is 11.0 Å². The first kappa shape index (κ1) is 17.0. The zero-order valence-corrected chi connectivity index (χ0v) is 15.9. The molecular weight excluding hydrogens is 340 g/mol. The second kappa shape index (κ2) is 7.46. The fourth-order valence-electron chi connectivity index (χ4n) is 3.70. The maximum atomic E-state index is 5.71. The number of fused-ring (bicyclic) bond motifs is 1. The maximum Gasteiger partial charge on any atom is 0.173 e. The fourth-order valence-corrected chi connectivity index (χ4v) is 3.97. The van der Waals surface area contributed by atoms with Crippen LogP contribution in [-0.4, -0.2) is 33.1 Å². The van der Waals surface area contributed by atoms with Crippen LogP contribution in [0.1, 0.15) is 37.1 Å². The molecule has 2 aromatic carbocycles. The van der Waals surface area contributed by atoms with Crippen LogP contribution < -0.4 is 5.32 Å². The van der Waals surface area contributed by atoms with Gasteiger partial charge in [0.15, 0.2) is 5.11 Å². The van der Waals surface area contributed by atoms with Crippen molar-refractivity contribution in [2.75, 3.05) is 18.4 Å². The molecule has 1 aromatic heterocycles. The molecule has 1 aliphatic heterocycles. The Kier molecular flexibility index (Phi) is 4.89. The summed E-state index contributed by atoms with van der Waals surface area (Å²) in [5.74, 6) is 1.46. The highest BCUT2D eigenvalue weighted by molar-refractivity contribution is 7.80. The lowest BCUT2D eigenvalue weighted by Crippen LogP contribution is -2.41. The average Bonchev–Trinajstić information content (AvgIpc) is 3.13.